The fraction of sp³-hybridized carbons (Fsp3) is 0.409. The summed E-state index contributed by atoms with van der Waals surface area (Å²) in [6.45, 7) is 8.61. The van der Waals surface area contributed by atoms with Crippen molar-refractivity contribution in [2.75, 3.05) is 36.4 Å². The summed E-state index contributed by atoms with van der Waals surface area (Å²) < 4.78 is 0. The lowest BCUT2D eigenvalue weighted by molar-refractivity contribution is 0.0767. The molecule has 3 amide bonds. The van der Waals surface area contributed by atoms with Crippen LogP contribution in [0.15, 0.2) is 42.6 Å². The topological polar surface area (TPSA) is 77.6 Å². The third-order valence-corrected chi connectivity index (χ3v) is 4.94. The standard InChI is InChI=1S/C22H28ClN5O2/c1-22(2,3)26-21(30)25-18-9-10-19(24-15-18)27-11-4-12-28(14-13-27)20(29)16-5-7-17(23)8-6-16/h5-10,15H,4,11-14H2,1-3H3,(H2,25,26,30). The summed E-state index contributed by atoms with van der Waals surface area (Å²) in [5.41, 5.74) is 0.975. The van der Waals surface area contributed by atoms with Crippen LogP contribution in [0.4, 0.5) is 16.3 Å². The van der Waals surface area contributed by atoms with Crippen molar-refractivity contribution in [1.82, 2.24) is 15.2 Å². The number of anilines is 2. The average Bonchev–Trinajstić information content (AvgIpc) is 2.93. The molecule has 3 rings (SSSR count). The summed E-state index contributed by atoms with van der Waals surface area (Å²) in [7, 11) is 0. The van der Waals surface area contributed by atoms with Crippen molar-refractivity contribution in [2.24, 2.45) is 0 Å². The molecule has 0 aliphatic carbocycles. The Labute approximate surface area is 182 Å². The van der Waals surface area contributed by atoms with Gasteiger partial charge in [-0.25, -0.2) is 9.78 Å². The summed E-state index contributed by atoms with van der Waals surface area (Å²) in [5.74, 6) is 0.850. The second-order valence-corrected chi connectivity index (χ2v) is 8.81. The van der Waals surface area contributed by atoms with E-state index in [-0.39, 0.29) is 17.5 Å². The molecule has 0 saturated carbocycles. The summed E-state index contributed by atoms with van der Waals surface area (Å²) >= 11 is 5.92. The summed E-state index contributed by atoms with van der Waals surface area (Å²) in [4.78, 5) is 33.3. The lowest BCUT2D eigenvalue weighted by Crippen LogP contribution is -2.43. The lowest BCUT2D eigenvalue weighted by atomic mass is 10.1. The van der Waals surface area contributed by atoms with E-state index >= 15 is 0 Å². The minimum Gasteiger partial charge on any atom is -0.355 e. The minimum atomic E-state index is -0.307. The zero-order valence-corrected chi connectivity index (χ0v) is 18.4. The lowest BCUT2D eigenvalue weighted by Gasteiger charge is -2.23. The van der Waals surface area contributed by atoms with Crippen LogP contribution < -0.4 is 15.5 Å². The second-order valence-electron chi connectivity index (χ2n) is 8.37. The number of benzene rings is 1. The Kier molecular flexibility index (Phi) is 6.82. The van der Waals surface area contributed by atoms with Gasteiger partial charge in [-0.15, -0.1) is 0 Å². The maximum Gasteiger partial charge on any atom is 0.319 e. The van der Waals surface area contributed by atoms with Crippen molar-refractivity contribution in [1.29, 1.82) is 0 Å². The fourth-order valence-corrected chi connectivity index (χ4v) is 3.40. The Morgan fingerprint density at radius 1 is 1.00 bits per heavy atom. The van der Waals surface area contributed by atoms with E-state index in [0.29, 0.717) is 35.9 Å². The molecule has 1 fully saturated rings. The molecule has 2 heterocycles. The Hall–Kier alpha value is -2.80. The molecule has 7 nitrogen and oxygen atoms in total. The second kappa shape index (κ2) is 9.34. The smallest absolute Gasteiger partial charge is 0.319 e. The Morgan fingerprint density at radius 2 is 1.73 bits per heavy atom. The van der Waals surface area contributed by atoms with Gasteiger partial charge < -0.3 is 20.4 Å². The molecule has 1 saturated heterocycles. The molecular formula is C22H28ClN5O2. The van der Waals surface area contributed by atoms with E-state index in [9.17, 15) is 9.59 Å². The summed E-state index contributed by atoms with van der Waals surface area (Å²) in [6, 6.07) is 10.5. The molecular weight excluding hydrogens is 402 g/mol. The van der Waals surface area contributed by atoms with Crippen molar-refractivity contribution < 1.29 is 9.59 Å². The van der Waals surface area contributed by atoms with Gasteiger partial charge in [-0.05, 0) is 63.6 Å². The van der Waals surface area contributed by atoms with Crippen LogP contribution in [-0.4, -0.2) is 53.5 Å². The Morgan fingerprint density at radius 3 is 2.37 bits per heavy atom. The fourth-order valence-electron chi connectivity index (χ4n) is 3.27. The van der Waals surface area contributed by atoms with Crippen molar-refractivity contribution in [3.05, 3.63) is 53.2 Å². The molecule has 1 aliphatic heterocycles. The van der Waals surface area contributed by atoms with E-state index in [2.05, 4.69) is 20.5 Å². The third-order valence-electron chi connectivity index (χ3n) is 4.69. The normalized spacial score (nSPS) is 14.8. The average molecular weight is 430 g/mol. The van der Waals surface area contributed by atoms with Gasteiger partial charge in [-0.1, -0.05) is 11.6 Å². The van der Waals surface area contributed by atoms with E-state index in [4.69, 9.17) is 11.6 Å². The molecule has 30 heavy (non-hydrogen) atoms. The first-order chi connectivity index (χ1) is 14.2. The summed E-state index contributed by atoms with van der Waals surface area (Å²) in [6.07, 6.45) is 2.51. The maximum atomic E-state index is 12.8. The molecule has 0 spiro atoms. The van der Waals surface area contributed by atoms with E-state index in [1.165, 1.54) is 0 Å². The van der Waals surface area contributed by atoms with Gasteiger partial charge in [0.2, 0.25) is 0 Å². The molecule has 1 aromatic heterocycles. The number of pyridine rings is 1. The van der Waals surface area contributed by atoms with Gasteiger partial charge in [0.05, 0.1) is 11.9 Å². The molecule has 160 valence electrons. The number of urea groups is 1. The molecule has 2 N–H and O–H groups in total. The number of nitrogens with zero attached hydrogens (tertiary/aromatic N) is 3. The van der Waals surface area contributed by atoms with Gasteiger partial charge >= 0.3 is 6.03 Å². The SMILES string of the molecule is CC(C)(C)NC(=O)Nc1ccc(N2CCCN(C(=O)c3ccc(Cl)cc3)CC2)nc1. The largest absolute Gasteiger partial charge is 0.355 e. The van der Waals surface area contributed by atoms with Crippen LogP contribution in [0.25, 0.3) is 0 Å². The van der Waals surface area contributed by atoms with E-state index in [1.54, 1.807) is 30.5 Å². The quantitative estimate of drug-likeness (QED) is 0.772. The first kappa shape index (κ1) is 21.9. The van der Waals surface area contributed by atoms with Gasteiger partial charge in [0.25, 0.3) is 5.91 Å². The molecule has 0 bridgehead atoms. The first-order valence-corrected chi connectivity index (χ1v) is 10.4. The Balaban J connectivity index is 1.58. The molecule has 0 atom stereocenters. The number of amides is 3. The zero-order valence-electron chi connectivity index (χ0n) is 17.6. The van der Waals surface area contributed by atoms with Gasteiger partial charge in [-0.3, -0.25) is 4.79 Å². The predicted molar refractivity (Wildman–Crippen MR) is 120 cm³/mol. The van der Waals surface area contributed by atoms with Gasteiger partial charge in [-0.2, -0.15) is 0 Å². The molecule has 0 unspecified atom stereocenters. The van der Waals surface area contributed by atoms with Crippen LogP contribution in [0.2, 0.25) is 5.02 Å². The van der Waals surface area contributed by atoms with Crippen LogP contribution in [0.5, 0.6) is 0 Å². The number of rotatable bonds is 3. The van der Waals surface area contributed by atoms with Gasteiger partial charge in [0.15, 0.2) is 0 Å². The summed E-state index contributed by atoms with van der Waals surface area (Å²) in [5, 5.41) is 6.26. The number of halogens is 1. The number of carbonyl (C=O) groups is 2. The molecule has 1 aliphatic rings. The third kappa shape index (κ3) is 6.10. The number of carbonyl (C=O) groups excluding carboxylic acids is 2. The molecule has 8 heteroatoms. The van der Waals surface area contributed by atoms with Gasteiger partial charge in [0.1, 0.15) is 5.82 Å². The van der Waals surface area contributed by atoms with Crippen molar-refractivity contribution in [3.8, 4) is 0 Å². The highest BCUT2D eigenvalue weighted by atomic mass is 35.5. The maximum absolute atomic E-state index is 12.8. The van der Waals surface area contributed by atoms with Crippen LogP contribution in [0, 0.1) is 0 Å². The number of nitrogens with one attached hydrogen (secondary N) is 2. The predicted octanol–water partition coefficient (Wildman–Crippen LogP) is 4.01. The van der Waals surface area contributed by atoms with Crippen LogP contribution in [0.1, 0.15) is 37.6 Å². The van der Waals surface area contributed by atoms with Crippen LogP contribution >= 0.6 is 11.6 Å². The van der Waals surface area contributed by atoms with E-state index in [0.717, 1.165) is 18.8 Å². The molecule has 2 aromatic rings. The zero-order chi connectivity index (χ0) is 21.7. The number of hydrogen-bond donors (Lipinski definition) is 2. The highest BCUT2D eigenvalue weighted by Crippen LogP contribution is 2.18. The van der Waals surface area contributed by atoms with E-state index < -0.39 is 0 Å². The van der Waals surface area contributed by atoms with Crippen molar-refractivity contribution in [2.45, 2.75) is 32.7 Å². The molecule has 0 radical (unpaired) electrons. The molecule has 1 aromatic carbocycles. The van der Waals surface area contributed by atoms with Gasteiger partial charge in [0, 0.05) is 42.3 Å². The highest BCUT2D eigenvalue weighted by Gasteiger charge is 2.21. The van der Waals surface area contributed by atoms with E-state index in [1.807, 2.05) is 37.8 Å². The monoisotopic (exact) mass is 429 g/mol. The van der Waals surface area contributed by atoms with Crippen LogP contribution in [0.3, 0.4) is 0 Å². The highest BCUT2D eigenvalue weighted by molar-refractivity contribution is 6.30. The van der Waals surface area contributed by atoms with Crippen LogP contribution in [-0.2, 0) is 0 Å². The van der Waals surface area contributed by atoms with Crippen molar-refractivity contribution >= 4 is 35.0 Å². The van der Waals surface area contributed by atoms with Crippen molar-refractivity contribution in [3.63, 3.8) is 0 Å². The first-order valence-electron chi connectivity index (χ1n) is 10.1. The number of hydrogen-bond acceptors (Lipinski definition) is 4. The Bertz CT molecular complexity index is 878. The number of aromatic nitrogens is 1. The minimum absolute atomic E-state index is 0.0193.